The first-order chi connectivity index (χ1) is 10.4. The first kappa shape index (κ1) is 20.3. The van der Waals surface area contributed by atoms with E-state index in [0.29, 0.717) is 13.0 Å². The first-order valence-electron chi connectivity index (χ1n) is 7.87. The molecule has 0 aromatic rings. The van der Waals surface area contributed by atoms with Crippen LogP contribution in [0.3, 0.4) is 0 Å². The van der Waals surface area contributed by atoms with Crippen LogP contribution in [0.2, 0.25) is 0 Å². The van der Waals surface area contributed by atoms with Crippen molar-refractivity contribution in [2.24, 2.45) is 0 Å². The molecule has 0 aromatic carbocycles. The van der Waals surface area contributed by atoms with Gasteiger partial charge in [-0.25, -0.2) is 0 Å². The van der Waals surface area contributed by atoms with Gasteiger partial charge in [0, 0.05) is 0 Å². The van der Waals surface area contributed by atoms with E-state index in [-0.39, 0.29) is 26.4 Å². The zero-order chi connectivity index (χ0) is 16.9. The highest BCUT2D eigenvalue weighted by molar-refractivity contribution is 7.74. The van der Waals surface area contributed by atoms with Gasteiger partial charge >= 0.3 is 15.2 Å². The predicted octanol–water partition coefficient (Wildman–Crippen LogP) is 3.90. The van der Waals surface area contributed by atoms with Crippen molar-refractivity contribution < 1.29 is 27.2 Å². The highest BCUT2D eigenvalue weighted by Gasteiger charge is 2.69. The van der Waals surface area contributed by atoms with Crippen LogP contribution in [-0.2, 0) is 27.2 Å². The van der Waals surface area contributed by atoms with Crippen LogP contribution >= 0.6 is 15.2 Å². The van der Waals surface area contributed by atoms with Crippen molar-refractivity contribution in [3.05, 3.63) is 0 Å². The van der Waals surface area contributed by atoms with E-state index in [0.717, 1.165) is 6.42 Å². The standard InChI is InChI=1S/C13H29NO6P2/c1-6-17-21(15,18-7-2)13(11-10-12-14(13)5)22(16,19-8-3)20-9-4/h6-12H2,1-5H3. The molecule has 1 aliphatic rings. The molecule has 0 amide bonds. The molecular formula is C13H29NO6P2. The Morgan fingerprint density at radius 3 is 1.45 bits per heavy atom. The average molecular weight is 357 g/mol. The maximum Gasteiger partial charge on any atom is 0.363 e. The summed E-state index contributed by atoms with van der Waals surface area (Å²) >= 11 is 0. The summed E-state index contributed by atoms with van der Waals surface area (Å²) in [5.41, 5.74) is 0. The van der Waals surface area contributed by atoms with Gasteiger partial charge in [0.1, 0.15) is 0 Å². The van der Waals surface area contributed by atoms with Crippen molar-refractivity contribution in [2.45, 2.75) is 45.6 Å². The summed E-state index contributed by atoms with van der Waals surface area (Å²) in [6.45, 7) is 8.38. The molecule has 1 aliphatic heterocycles. The van der Waals surface area contributed by atoms with E-state index in [1.807, 2.05) is 0 Å². The number of likely N-dealkylation sites (tertiary alicyclic amines) is 1. The maximum atomic E-state index is 13.5. The van der Waals surface area contributed by atoms with Gasteiger partial charge < -0.3 is 18.1 Å². The van der Waals surface area contributed by atoms with Gasteiger partial charge in [0.15, 0.2) is 0 Å². The lowest BCUT2D eigenvalue weighted by Crippen LogP contribution is -2.43. The summed E-state index contributed by atoms with van der Waals surface area (Å²) < 4.78 is 49.2. The minimum Gasteiger partial charge on any atom is -0.307 e. The minimum atomic E-state index is -3.72. The summed E-state index contributed by atoms with van der Waals surface area (Å²) in [5, 5.41) is -1.38. The minimum absolute atomic E-state index is 0.200. The van der Waals surface area contributed by atoms with E-state index in [1.54, 1.807) is 39.6 Å². The molecule has 0 unspecified atom stereocenters. The molecule has 1 saturated heterocycles. The summed E-state index contributed by atoms with van der Waals surface area (Å²) in [4.78, 5) is 1.77. The van der Waals surface area contributed by atoms with Crippen LogP contribution in [0, 0.1) is 0 Å². The molecule has 0 spiro atoms. The van der Waals surface area contributed by atoms with Crippen molar-refractivity contribution >= 4 is 15.2 Å². The quantitative estimate of drug-likeness (QED) is 0.549. The van der Waals surface area contributed by atoms with Gasteiger partial charge in [-0.15, -0.1) is 0 Å². The Labute approximate surface area is 133 Å². The number of hydrogen-bond acceptors (Lipinski definition) is 7. The van der Waals surface area contributed by atoms with E-state index in [9.17, 15) is 9.13 Å². The van der Waals surface area contributed by atoms with Crippen LogP contribution in [0.1, 0.15) is 40.5 Å². The molecular weight excluding hydrogens is 328 g/mol. The molecule has 0 bridgehead atoms. The van der Waals surface area contributed by atoms with Gasteiger partial charge in [-0.1, -0.05) is 0 Å². The molecule has 22 heavy (non-hydrogen) atoms. The maximum absolute atomic E-state index is 13.5. The van der Waals surface area contributed by atoms with E-state index in [4.69, 9.17) is 18.1 Å². The molecule has 7 nitrogen and oxygen atoms in total. The van der Waals surface area contributed by atoms with Gasteiger partial charge in [-0.05, 0) is 54.1 Å². The van der Waals surface area contributed by atoms with Crippen LogP contribution in [0.4, 0.5) is 0 Å². The van der Waals surface area contributed by atoms with Crippen molar-refractivity contribution in [1.29, 1.82) is 0 Å². The highest BCUT2D eigenvalue weighted by Crippen LogP contribution is 2.81. The lowest BCUT2D eigenvalue weighted by molar-refractivity contribution is 0.139. The third kappa shape index (κ3) is 3.36. The zero-order valence-electron chi connectivity index (χ0n) is 14.2. The van der Waals surface area contributed by atoms with E-state index < -0.39 is 20.2 Å². The van der Waals surface area contributed by atoms with E-state index in [2.05, 4.69) is 0 Å². The normalized spacial score (nSPS) is 19.7. The molecule has 0 saturated carbocycles. The molecule has 0 aromatic heterocycles. The smallest absolute Gasteiger partial charge is 0.307 e. The van der Waals surface area contributed by atoms with Gasteiger partial charge in [-0.2, -0.15) is 0 Å². The molecule has 1 fully saturated rings. The Morgan fingerprint density at radius 2 is 1.23 bits per heavy atom. The average Bonchev–Trinajstić information content (AvgIpc) is 2.83. The summed E-state index contributed by atoms with van der Waals surface area (Å²) in [7, 11) is -5.68. The Hall–Kier alpha value is 0.260. The SMILES string of the molecule is CCOP(=O)(OCC)C1(P(=O)(OCC)OCC)CCCN1C. The molecule has 0 atom stereocenters. The lowest BCUT2D eigenvalue weighted by Gasteiger charge is -2.43. The van der Waals surface area contributed by atoms with Gasteiger partial charge in [-0.3, -0.25) is 14.0 Å². The number of hydrogen-bond donors (Lipinski definition) is 0. The predicted molar refractivity (Wildman–Crippen MR) is 86.3 cm³/mol. The molecule has 9 heteroatoms. The van der Waals surface area contributed by atoms with E-state index in [1.165, 1.54) is 0 Å². The second-order valence-corrected chi connectivity index (χ2v) is 9.82. The fourth-order valence-electron chi connectivity index (χ4n) is 2.93. The molecule has 0 N–H and O–H groups in total. The van der Waals surface area contributed by atoms with Crippen molar-refractivity contribution in [3.63, 3.8) is 0 Å². The fourth-order valence-corrected chi connectivity index (χ4v) is 9.06. The Bertz CT molecular complexity index is 394. The lowest BCUT2D eigenvalue weighted by atomic mass is 10.4. The first-order valence-corrected chi connectivity index (χ1v) is 11.0. The molecule has 1 rings (SSSR count). The highest BCUT2D eigenvalue weighted by atomic mass is 31.2. The van der Waals surface area contributed by atoms with Gasteiger partial charge in [0.25, 0.3) is 0 Å². The van der Waals surface area contributed by atoms with Gasteiger partial charge in [0.05, 0.1) is 26.4 Å². The van der Waals surface area contributed by atoms with Crippen LogP contribution in [0.15, 0.2) is 0 Å². The zero-order valence-corrected chi connectivity index (χ0v) is 16.0. The third-order valence-corrected chi connectivity index (χ3v) is 10.4. The molecule has 132 valence electrons. The Balaban J connectivity index is 3.47. The van der Waals surface area contributed by atoms with Crippen molar-refractivity contribution in [1.82, 2.24) is 4.90 Å². The fraction of sp³-hybridized carbons (Fsp3) is 1.00. The third-order valence-electron chi connectivity index (χ3n) is 3.69. The molecule has 0 aliphatic carbocycles. The Morgan fingerprint density at radius 1 is 0.864 bits per heavy atom. The van der Waals surface area contributed by atoms with Crippen molar-refractivity contribution in [2.75, 3.05) is 40.0 Å². The Kier molecular flexibility index (Phi) is 7.74. The largest absolute Gasteiger partial charge is 0.363 e. The van der Waals surface area contributed by atoms with Crippen LogP contribution in [0.5, 0.6) is 0 Å². The monoisotopic (exact) mass is 357 g/mol. The van der Waals surface area contributed by atoms with Crippen LogP contribution in [-0.4, -0.2) is 49.9 Å². The van der Waals surface area contributed by atoms with Gasteiger partial charge in [0.2, 0.25) is 5.02 Å². The van der Waals surface area contributed by atoms with Crippen molar-refractivity contribution in [3.8, 4) is 0 Å². The van der Waals surface area contributed by atoms with E-state index >= 15 is 0 Å². The molecule has 0 radical (unpaired) electrons. The number of rotatable bonds is 10. The van der Waals surface area contributed by atoms with Crippen LogP contribution in [0.25, 0.3) is 0 Å². The molecule has 1 heterocycles. The second kappa shape index (κ2) is 8.39. The summed E-state index contributed by atoms with van der Waals surface area (Å²) in [6.07, 6.45) is 1.11. The second-order valence-electron chi connectivity index (χ2n) is 4.97. The summed E-state index contributed by atoms with van der Waals surface area (Å²) in [5.74, 6) is 0. The number of nitrogens with zero attached hydrogens (tertiary/aromatic N) is 1. The van der Waals surface area contributed by atoms with Crippen LogP contribution < -0.4 is 0 Å². The summed E-state index contributed by atoms with van der Waals surface area (Å²) in [6, 6.07) is 0. The topological polar surface area (TPSA) is 74.3 Å².